The minimum atomic E-state index is -3.82. The second-order valence-corrected chi connectivity index (χ2v) is 1090. The zero-order valence-electron chi connectivity index (χ0n) is 55.3. The number of carbonyl (C=O) groups is 6. The molecule has 0 fully saturated rings. The SMILES string of the molecule is C.COP(=O)(CC(C)=O)OC.COP(=O)(OC)C(=[N+]=[N-])C(C)=O.Cc1ccc(S(=O)(=O)N=[N+]=[N-])cc1.II(I)I(I)I(I)I(I)I.II(I)I(I)I(I)I(I)I(I)I.I[I-]I(I)I(I)I(I)I.I[I-]I(I)I(I)I(I)I(I)I.I[I-]I(I)I(I)I(I)I(I)I(I)I.NC(=O)CCCC[C@H](N)C(=O)O.[N-]=[N+]=N[C@@H](CCCCC(N)=O)C(=O)O. The average molecular weight is 7930 g/mol. The molecule has 740 valence electrons. The van der Waals surface area contributed by atoms with E-state index >= 15 is 0 Å². The number of aliphatic carboxylic acids is 2. The maximum Gasteiger partial charge on any atom is 0.320 e. The first-order valence-corrected chi connectivity index (χ1v) is 343. The number of carboxylic acids is 2. The summed E-state index contributed by atoms with van der Waals surface area (Å²) >= 11 is 90.3. The summed E-state index contributed by atoms with van der Waals surface area (Å²) < 4.78 is 65.3. The Labute approximate surface area is 1100 Å². The van der Waals surface area contributed by atoms with Crippen LogP contribution in [-0.4, -0.2) is 111 Å². The third kappa shape index (κ3) is 104. The molecule has 1 rings (SSSR count). The van der Waals surface area contributed by atoms with Gasteiger partial charge in [-0.3, -0.25) is 33.3 Å². The van der Waals surface area contributed by atoms with Crippen LogP contribution in [0.25, 0.3) is 26.4 Å². The Morgan fingerprint density at radius 3 is 1.01 bits per heavy atom. The van der Waals surface area contributed by atoms with Crippen LogP contribution in [0.1, 0.15) is 78.2 Å². The van der Waals surface area contributed by atoms with Crippen molar-refractivity contribution in [2.24, 2.45) is 26.8 Å². The molecule has 0 aliphatic carbocycles. The van der Waals surface area contributed by atoms with Crippen LogP contribution in [0.2, 0.25) is 0 Å². The molecule has 117 heavy (non-hydrogen) atoms. The molecule has 2 amide bonds. The minimum Gasteiger partial charge on any atom is -0.481 e. The summed E-state index contributed by atoms with van der Waals surface area (Å²) in [5.41, 5.74) is 39.7. The summed E-state index contributed by atoms with van der Waals surface area (Å²) in [5, 5.41) is 20.0. The number of unbranched alkanes of at least 4 members (excludes halogenated alkanes) is 2. The number of primary amides is 2. The van der Waals surface area contributed by atoms with Gasteiger partial charge in [0.15, 0.2) is 0 Å². The van der Waals surface area contributed by atoms with Crippen molar-refractivity contribution >= 4 is 809 Å². The predicted octanol–water partition coefficient (Wildman–Crippen LogP) is 41.7. The first-order valence-electron chi connectivity index (χ1n) is 24.2. The molecule has 27 nitrogen and oxygen atoms in total. The van der Waals surface area contributed by atoms with Crippen LogP contribution in [0, 0.1) is 6.92 Å². The maximum absolute atomic E-state index is 11.4. The fourth-order valence-corrected chi connectivity index (χ4v) is 5250. The molecule has 0 radical (unpaired) electrons. The first-order chi connectivity index (χ1) is 53.1. The van der Waals surface area contributed by atoms with Gasteiger partial charge >= 0.3 is 815 Å². The Bertz CT molecular complexity index is 3180. The van der Waals surface area contributed by atoms with E-state index < -0.39 is 66.4 Å². The van der Waals surface area contributed by atoms with Crippen molar-refractivity contribution in [2.45, 2.75) is 96.5 Å². The fraction of sp³-hybridized carbons (Fsp3) is 0.594. The van der Waals surface area contributed by atoms with Crippen molar-refractivity contribution in [1.29, 1.82) is 0 Å². The fourth-order valence-electron chi connectivity index (χ4n) is 3.95. The van der Waals surface area contributed by atoms with Crippen molar-refractivity contribution in [3.8, 4) is 0 Å². The van der Waals surface area contributed by atoms with E-state index in [1.165, 1.54) is 33.3 Å². The van der Waals surface area contributed by atoms with E-state index in [-0.39, 0.29) is 209 Å². The molecule has 85 heteroatoms. The Morgan fingerprint density at radius 1 is 0.487 bits per heavy atom. The van der Waals surface area contributed by atoms with Gasteiger partial charge in [-0.1, -0.05) is 43.1 Å². The van der Waals surface area contributed by atoms with Gasteiger partial charge < -0.3 is 51.0 Å². The number of Topliss-reactive ketones (excluding diaryl/α,β-unsaturated/α-hetero) is 2. The number of hydrogen-bond acceptors (Lipinski definition) is 16. The van der Waals surface area contributed by atoms with Crippen LogP contribution >= 0.6 is 758 Å². The van der Waals surface area contributed by atoms with Crippen LogP contribution in [0.15, 0.2) is 38.8 Å². The van der Waals surface area contributed by atoms with E-state index in [1.807, 2.05) is 6.92 Å². The third-order valence-corrected chi connectivity index (χ3v) is 2900. The molecular weight excluding hydrogens is 7870 g/mol. The zero-order valence-corrected chi connectivity index (χ0v) is 177. The van der Waals surface area contributed by atoms with Crippen molar-refractivity contribution < 1.29 is 119 Å². The van der Waals surface area contributed by atoms with Crippen LogP contribution in [-0.2, 0) is 66.0 Å². The molecule has 8 N–H and O–H groups in total. The van der Waals surface area contributed by atoms with Crippen molar-refractivity contribution in [3.05, 3.63) is 56.2 Å². The van der Waals surface area contributed by atoms with Crippen molar-refractivity contribution in [1.82, 2.24) is 0 Å². The number of ketones is 2. The molecule has 0 unspecified atom stereocenters. The van der Waals surface area contributed by atoms with Crippen LogP contribution in [0.3, 0.4) is 0 Å². The summed E-state index contributed by atoms with van der Waals surface area (Å²) in [5.74, 6) is -3.80. The summed E-state index contributed by atoms with van der Waals surface area (Å²) in [6.07, 6.45) is 3.23. The van der Waals surface area contributed by atoms with Gasteiger partial charge in [0.25, 0.3) is 10.0 Å². The van der Waals surface area contributed by atoms with Crippen LogP contribution in [0.4, 0.5) is 0 Å². The number of hydrogen-bond donors (Lipinski definition) is 5. The number of azide groups is 2. The van der Waals surface area contributed by atoms with E-state index in [4.69, 9.17) is 44.0 Å². The second kappa shape index (κ2) is 112. The summed E-state index contributed by atoms with van der Waals surface area (Å²) in [7, 11) is -12.4. The van der Waals surface area contributed by atoms with Crippen molar-refractivity contribution in [2.75, 3.05) is 34.6 Å². The molecule has 1 aromatic rings. The number of benzene rings is 1. The molecule has 0 heterocycles. The van der Waals surface area contributed by atoms with E-state index in [1.54, 1.807) is 12.1 Å². The number of carboxylic acid groups (broad SMARTS) is 2. The van der Waals surface area contributed by atoms with E-state index in [0.29, 0.717) is 78.3 Å². The Balaban J connectivity index is -0.000000136. The van der Waals surface area contributed by atoms with E-state index in [9.17, 15) is 46.3 Å². The zero-order chi connectivity index (χ0) is 93.7. The van der Waals surface area contributed by atoms with Gasteiger partial charge in [0.1, 0.15) is 24.0 Å². The van der Waals surface area contributed by atoms with Gasteiger partial charge in [0.05, 0.1) is 4.90 Å². The maximum atomic E-state index is 11.4. The summed E-state index contributed by atoms with van der Waals surface area (Å²) in [6, 6.07) is 4.21. The van der Waals surface area contributed by atoms with Crippen molar-refractivity contribution in [3.63, 3.8) is 0 Å². The quantitative estimate of drug-likeness (QED) is 0.00772. The Morgan fingerprint density at radius 2 is 0.786 bits per heavy atom. The van der Waals surface area contributed by atoms with Gasteiger partial charge in [0, 0.05) is 62.5 Å². The van der Waals surface area contributed by atoms with E-state index in [2.05, 4.69) is 619 Å². The number of sulfonamides is 1. The first kappa shape index (κ1) is 172. The Kier molecular flexibility index (Phi) is 164. The minimum absolute atomic E-state index is 0. The topological polar surface area (TPSA) is 460 Å². The molecule has 0 saturated heterocycles. The normalized spacial score (nSPS) is 13.5. The largest absolute Gasteiger partial charge is 0.481 e. The monoisotopic (exact) mass is 7930 g/mol. The number of nitrogens with two attached hydrogens (primary N) is 3. The number of halogens is 55. The molecule has 0 saturated carbocycles. The van der Waals surface area contributed by atoms with E-state index in [0.717, 1.165) is 26.7 Å². The molecule has 0 bridgehead atoms. The number of aryl methyl sites for hydroxylation is 1. The average Bonchev–Trinajstić information content (AvgIpc) is 0.850. The second-order valence-electron chi connectivity index (χ2n) is 15.1. The number of nitrogens with zero attached hydrogens (tertiary/aromatic N) is 8. The van der Waals surface area contributed by atoms with Gasteiger partial charge in [-0.05, 0) is 62.7 Å². The predicted molar refractivity (Wildman–Crippen MR) is 953 cm³/mol. The molecular formula is C32H57I55N11O16P2S-3. The van der Waals surface area contributed by atoms with Gasteiger partial charge in [-0.15, -0.1) is 0 Å². The smallest absolute Gasteiger partial charge is 0.320 e. The molecule has 0 spiro atoms. The number of carbonyl (C=O) groups excluding carboxylic acids is 4. The molecule has 2 atom stereocenters. The standard InChI is InChI=1S/C7H12N4O3.C7H7N3O2S.C7H14N2O3.C5H9N2O4P.C5H11O4P.CH4.I13.I12.I11.I10.I9/c8-6(12)4-2-1-3-5(7(13)14)10-11-9;1-6-2-4-7(5-3-6)13(11,12)10-9-8;8-5(7(11)12)3-1-2-4-6(9)10;1-4(8)5(7-6)12(9,10-2)11-3;1-5(6)4-10(7,8-2)9-3;;1-8-10(4)12(6)13(7)11(5)9(2)3;1-8(2)10(5)12(7)11(6)9(3)4;1-7-9(4)11(6)10(5)8(2)3;1-7(2)9(5)10(6)8(3)4;1-6-8(4)9(5)7(2)3/h5H,1-4H2,(H2,8,12)(H,13,14);2-5H,1H3;5H,1-4,8H2,(H2,9,10)(H,11,12);1-3H3;4H2,1-3H3;1H4;;;;;/q;;;;;;-1;;-1;;-1/t5-;;5-;;;;;;;;/m0.0......../s1. The number of rotatable bonds is 42. The van der Waals surface area contributed by atoms with Gasteiger partial charge in [-0.2, -0.15) is 4.79 Å². The number of amides is 2. The summed E-state index contributed by atoms with van der Waals surface area (Å²) in [6.45, 7) is 4.27. The molecule has 0 aromatic heterocycles. The molecule has 0 aliphatic heterocycles. The van der Waals surface area contributed by atoms with Crippen LogP contribution in [0.5, 0.6) is 0 Å². The van der Waals surface area contributed by atoms with Crippen LogP contribution < -0.4 is 57.0 Å². The molecule has 0 aliphatic rings. The molecule has 1 aromatic carbocycles. The van der Waals surface area contributed by atoms with Gasteiger partial charge in [-0.25, -0.2) is 13.0 Å². The summed E-state index contributed by atoms with van der Waals surface area (Å²) in [4.78, 5) is 69.6. The van der Waals surface area contributed by atoms with Gasteiger partial charge in [0.2, 0.25) is 17.6 Å². The Hall–Kier alpha value is 34.8. The third-order valence-electron chi connectivity index (χ3n) is 8.15.